The summed E-state index contributed by atoms with van der Waals surface area (Å²) in [6.07, 6.45) is 0. The molecule has 0 spiro atoms. The molecule has 0 aliphatic heterocycles. The molecular weight excluding hydrogens is 597 g/mol. The number of anilines is 6. The predicted molar refractivity (Wildman–Crippen MR) is 202 cm³/mol. The van der Waals surface area contributed by atoms with Crippen LogP contribution in [0.5, 0.6) is 0 Å². The van der Waals surface area contributed by atoms with E-state index in [2.05, 4.69) is 180 Å². The van der Waals surface area contributed by atoms with Crippen LogP contribution in [0.4, 0.5) is 34.1 Å². The van der Waals surface area contributed by atoms with E-state index in [1.165, 1.54) is 51.7 Å². The fourth-order valence-electron chi connectivity index (χ4n) is 6.62. The summed E-state index contributed by atoms with van der Waals surface area (Å²) in [6.45, 7) is 0. The molecule has 0 saturated heterocycles. The summed E-state index contributed by atoms with van der Waals surface area (Å²) in [5.41, 5.74) is 6.93. The second-order valence-corrected chi connectivity index (χ2v) is 13.5. The van der Waals surface area contributed by atoms with Gasteiger partial charge in [-0.15, -0.1) is 22.7 Å². The number of rotatable bonds is 6. The Hall–Kier alpha value is -5.42. The van der Waals surface area contributed by atoms with E-state index < -0.39 is 0 Å². The van der Waals surface area contributed by atoms with Gasteiger partial charge in [-0.25, -0.2) is 0 Å². The molecule has 0 bridgehead atoms. The Morgan fingerprint density at radius 2 is 0.848 bits per heavy atom. The van der Waals surface area contributed by atoms with Crippen molar-refractivity contribution in [3.05, 3.63) is 170 Å². The summed E-state index contributed by atoms with van der Waals surface area (Å²) >= 11 is 3.73. The molecule has 0 unspecified atom stereocenters. The Balaban J connectivity index is 1.29. The first-order valence-corrected chi connectivity index (χ1v) is 17.1. The second-order valence-electron chi connectivity index (χ2n) is 11.4. The first kappa shape index (κ1) is 26.9. The first-order valence-electron chi connectivity index (χ1n) is 15.4. The molecule has 0 aliphatic carbocycles. The van der Waals surface area contributed by atoms with Crippen molar-refractivity contribution >= 4 is 97.1 Å². The zero-order chi connectivity index (χ0) is 30.5. The van der Waals surface area contributed by atoms with Gasteiger partial charge in [-0.3, -0.25) is 0 Å². The molecule has 0 amide bonds. The van der Waals surface area contributed by atoms with Crippen molar-refractivity contribution in [1.29, 1.82) is 0 Å². The highest BCUT2D eigenvalue weighted by Gasteiger charge is 2.22. The number of hydrogen-bond donors (Lipinski definition) is 0. The Kier molecular flexibility index (Phi) is 6.55. The average molecular weight is 625 g/mol. The molecule has 0 saturated carbocycles. The zero-order valence-corrected chi connectivity index (χ0v) is 26.5. The molecule has 2 heterocycles. The van der Waals surface area contributed by atoms with Crippen molar-refractivity contribution in [2.24, 2.45) is 0 Å². The Morgan fingerprint density at radius 1 is 0.326 bits per heavy atom. The Bertz CT molecular complexity index is 2440. The van der Waals surface area contributed by atoms with Gasteiger partial charge in [0.25, 0.3) is 0 Å². The van der Waals surface area contributed by atoms with E-state index in [1.807, 2.05) is 22.7 Å². The van der Waals surface area contributed by atoms with Crippen molar-refractivity contribution in [2.45, 2.75) is 0 Å². The summed E-state index contributed by atoms with van der Waals surface area (Å²) < 4.78 is 5.17. The fraction of sp³-hybridized carbons (Fsp3) is 0. The van der Waals surface area contributed by atoms with Crippen LogP contribution in [0, 0.1) is 0 Å². The summed E-state index contributed by atoms with van der Waals surface area (Å²) in [4.78, 5) is 4.81. The lowest BCUT2D eigenvalue weighted by Gasteiger charge is -2.27. The van der Waals surface area contributed by atoms with Crippen LogP contribution in [-0.2, 0) is 0 Å². The smallest absolute Gasteiger partial charge is 0.0640 e. The molecule has 2 nitrogen and oxygen atoms in total. The molecule has 9 rings (SSSR count). The van der Waals surface area contributed by atoms with Crippen LogP contribution < -0.4 is 9.80 Å². The molecular formula is C42H28N2S2. The monoisotopic (exact) mass is 624 g/mol. The summed E-state index contributed by atoms with van der Waals surface area (Å²) in [5, 5.41) is 5.13. The third-order valence-electron chi connectivity index (χ3n) is 8.62. The van der Waals surface area contributed by atoms with Gasteiger partial charge in [0, 0.05) is 58.4 Å². The van der Waals surface area contributed by atoms with Crippen molar-refractivity contribution < 1.29 is 0 Å². The lowest BCUT2D eigenvalue weighted by atomic mass is 10.1. The molecule has 2 aromatic heterocycles. The van der Waals surface area contributed by atoms with E-state index in [1.54, 1.807) is 0 Å². The second kappa shape index (κ2) is 11.2. The van der Waals surface area contributed by atoms with Crippen LogP contribution in [0.3, 0.4) is 0 Å². The number of hydrogen-bond acceptors (Lipinski definition) is 4. The largest absolute Gasteiger partial charge is 0.310 e. The summed E-state index contributed by atoms with van der Waals surface area (Å²) in [7, 11) is 0. The maximum Gasteiger partial charge on any atom is 0.0640 e. The number of para-hydroxylation sites is 3. The summed E-state index contributed by atoms with van der Waals surface area (Å²) in [5.74, 6) is 0. The van der Waals surface area contributed by atoms with E-state index >= 15 is 0 Å². The highest BCUT2D eigenvalue weighted by atomic mass is 32.1. The van der Waals surface area contributed by atoms with Gasteiger partial charge in [-0.1, -0.05) is 91.0 Å². The minimum absolute atomic E-state index is 1.14. The number of thiophene rings is 2. The van der Waals surface area contributed by atoms with Crippen LogP contribution in [0.1, 0.15) is 0 Å². The maximum atomic E-state index is 2.43. The molecule has 46 heavy (non-hydrogen) atoms. The number of benzene rings is 7. The summed E-state index contributed by atoms with van der Waals surface area (Å²) in [6, 6.07) is 61.2. The third-order valence-corrected chi connectivity index (χ3v) is 11.0. The quantitative estimate of drug-likeness (QED) is 0.182. The molecule has 0 atom stereocenters. The average Bonchev–Trinajstić information content (AvgIpc) is 3.69. The molecule has 0 aliphatic rings. The minimum atomic E-state index is 1.14. The van der Waals surface area contributed by atoms with Gasteiger partial charge in [0.15, 0.2) is 0 Å². The Labute approximate surface area is 275 Å². The standard InChI is InChI=1S/C42H28N2S2/c1-4-14-29(15-5-1)43(30-16-6-2-7-17-30)36-22-13-25-40-41(36)34-21-12-23-37(42(34)46-40)44(31-18-8-3-9-19-31)32-26-27-39-35(28-32)33-20-10-11-24-38(33)45-39/h1-28H. The minimum Gasteiger partial charge on any atom is -0.310 e. The van der Waals surface area contributed by atoms with Gasteiger partial charge in [-0.2, -0.15) is 0 Å². The van der Waals surface area contributed by atoms with Gasteiger partial charge in [0.05, 0.1) is 16.1 Å². The SMILES string of the molecule is c1ccc(N(c2ccc3sc4ccccc4c3c2)c2cccc3c2sc2cccc(N(c4ccccc4)c4ccccc4)c23)cc1. The predicted octanol–water partition coefficient (Wildman–Crippen LogP) is 13.4. The van der Waals surface area contributed by atoms with Crippen LogP contribution >= 0.6 is 22.7 Å². The number of fused-ring (bicyclic) bond motifs is 6. The van der Waals surface area contributed by atoms with Crippen LogP contribution in [0.2, 0.25) is 0 Å². The molecule has 0 radical (unpaired) electrons. The topological polar surface area (TPSA) is 6.48 Å². The maximum absolute atomic E-state index is 2.43. The molecule has 7 aromatic carbocycles. The van der Waals surface area contributed by atoms with Gasteiger partial charge in [0.2, 0.25) is 0 Å². The normalized spacial score (nSPS) is 11.5. The highest BCUT2D eigenvalue weighted by Crippen LogP contribution is 2.49. The van der Waals surface area contributed by atoms with E-state index in [0.717, 1.165) is 22.7 Å². The third kappa shape index (κ3) is 4.46. The van der Waals surface area contributed by atoms with E-state index in [-0.39, 0.29) is 0 Å². The number of nitrogens with zero attached hydrogens (tertiary/aromatic N) is 2. The van der Waals surface area contributed by atoms with Gasteiger partial charge in [-0.05, 0) is 78.9 Å². The molecule has 0 N–H and O–H groups in total. The van der Waals surface area contributed by atoms with Crippen LogP contribution in [0.25, 0.3) is 40.3 Å². The van der Waals surface area contributed by atoms with Crippen molar-refractivity contribution in [1.82, 2.24) is 0 Å². The lowest BCUT2D eigenvalue weighted by molar-refractivity contribution is 1.30. The van der Waals surface area contributed by atoms with Crippen molar-refractivity contribution in [3.63, 3.8) is 0 Å². The van der Waals surface area contributed by atoms with E-state index in [0.29, 0.717) is 0 Å². The van der Waals surface area contributed by atoms with Crippen LogP contribution in [-0.4, -0.2) is 0 Å². The van der Waals surface area contributed by atoms with Crippen LogP contribution in [0.15, 0.2) is 170 Å². The van der Waals surface area contributed by atoms with Gasteiger partial charge >= 0.3 is 0 Å². The van der Waals surface area contributed by atoms with Crippen molar-refractivity contribution in [2.75, 3.05) is 9.80 Å². The molecule has 0 fully saturated rings. The lowest BCUT2D eigenvalue weighted by Crippen LogP contribution is -2.10. The molecule has 218 valence electrons. The first-order chi connectivity index (χ1) is 22.8. The van der Waals surface area contributed by atoms with Gasteiger partial charge in [0.1, 0.15) is 0 Å². The Morgan fingerprint density at radius 3 is 1.54 bits per heavy atom. The van der Waals surface area contributed by atoms with Crippen molar-refractivity contribution in [3.8, 4) is 0 Å². The molecule has 4 heteroatoms. The zero-order valence-electron chi connectivity index (χ0n) is 24.9. The van der Waals surface area contributed by atoms with E-state index in [4.69, 9.17) is 0 Å². The fourth-order valence-corrected chi connectivity index (χ4v) is 8.93. The highest BCUT2D eigenvalue weighted by molar-refractivity contribution is 7.26. The van der Waals surface area contributed by atoms with Gasteiger partial charge < -0.3 is 9.80 Å². The van der Waals surface area contributed by atoms with E-state index in [9.17, 15) is 0 Å². The molecule has 9 aromatic rings.